The van der Waals surface area contributed by atoms with Crippen LogP contribution in [0.3, 0.4) is 0 Å². The van der Waals surface area contributed by atoms with E-state index in [9.17, 15) is 18.0 Å². The van der Waals surface area contributed by atoms with E-state index in [0.717, 1.165) is 0 Å². The Labute approximate surface area is 111 Å². The summed E-state index contributed by atoms with van der Waals surface area (Å²) in [6.07, 6.45) is 1.66. The topological polar surface area (TPSA) is 101 Å². The predicted octanol–water partition coefficient (Wildman–Crippen LogP) is -0.157. The molecule has 0 bridgehead atoms. The highest BCUT2D eigenvalue weighted by atomic mass is 32.2. The number of carboxylic acid groups (broad SMARTS) is 1. The Morgan fingerprint density at radius 1 is 1.39 bits per heavy atom. The summed E-state index contributed by atoms with van der Waals surface area (Å²) in [5.41, 5.74) is 0. The lowest BCUT2D eigenvalue weighted by molar-refractivity contribution is -0.141. The number of carbonyl (C=O) groups excluding carboxylic acids is 1. The van der Waals surface area contributed by atoms with Crippen LogP contribution in [0.1, 0.15) is 25.7 Å². The van der Waals surface area contributed by atoms with Crippen LogP contribution in [0.5, 0.6) is 0 Å². The normalized spacial score (nSPS) is 24.2. The molecule has 0 spiro atoms. The fraction of sp³-hybridized carbons (Fsp3) is 0.800. The van der Waals surface area contributed by atoms with Crippen LogP contribution in [0.2, 0.25) is 0 Å². The maximum atomic E-state index is 11.8. The quantitative estimate of drug-likeness (QED) is 0.612. The van der Waals surface area contributed by atoms with E-state index in [1.165, 1.54) is 0 Å². The molecule has 104 valence electrons. The lowest BCUT2D eigenvalue weighted by Crippen LogP contribution is -2.49. The molecule has 1 heterocycles. The van der Waals surface area contributed by atoms with Crippen molar-refractivity contribution in [3.05, 3.63) is 0 Å². The first-order valence-electron chi connectivity index (χ1n) is 5.74. The van der Waals surface area contributed by atoms with E-state index in [2.05, 4.69) is 17.9 Å². The highest BCUT2D eigenvalue weighted by molar-refractivity contribution is 7.92. The van der Waals surface area contributed by atoms with E-state index in [4.69, 9.17) is 5.11 Å². The van der Waals surface area contributed by atoms with Gasteiger partial charge in [-0.1, -0.05) is 6.42 Å². The molecule has 0 aromatic carbocycles. The van der Waals surface area contributed by atoms with Crippen LogP contribution in [0.15, 0.2) is 0 Å². The second kappa shape index (κ2) is 6.42. The van der Waals surface area contributed by atoms with E-state index < -0.39 is 33.0 Å². The van der Waals surface area contributed by atoms with Crippen LogP contribution in [-0.4, -0.2) is 48.2 Å². The Kier molecular flexibility index (Phi) is 5.46. The number of hydrogen-bond acceptors (Lipinski definition) is 5. The molecule has 1 aliphatic heterocycles. The lowest BCUT2D eigenvalue weighted by atomic mass is 10.1. The average Bonchev–Trinajstić information content (AvgIpc) is 2.27. The van der Waals surface area contributed by atoms with Crippen LogP contribution in [-0.2, 0) is 19.4 Å². The van der Waals surface area contributed by atoms with E-state index in [1.807, 2.05) is 0 Å². The number of carbonyl (C=O) groups is 2. The fourth-order valence-electron chi connectivity index (χ4n) is 1.90. The zero-order chi connectivity index (χ0) is 13.8. The Morgan fingerprint density at radius 3 is 2.56 bits per heavy atom. The molecule has 8 heteroatoms. The first kappa shape index (κ1) is 15.3. The second-order valence-corrected chi connectivity index (χ2v) is 7.01. The number of carboxylic acids is 1. The lowest BCUT2D eigenvalue weighted by Gasteiger charge is -2.23. The van der Waals surface area contributed by atoms with Gasteiger partial charge in [-0.05, 0) is 25.0 Å². The Bertz CT molecular complexity index is 420. The number of thiol groups is 1. The average molecular weight is 295 g/mol. The van der Waals surface area contributed by atoms with E-state index in [1.54, 1.807) is 0 Å². The summed E-state index contributed by atoms with van der Waals surface area (Å²) < 4.78 is 23.4. The molecule has 18 heavy (non-hydrogen) atoms. The van der Waals surface area contributed by atoms with Crippen molar-refractivity contribution in [1.82, 2.24) is 5.32 Å². The third kappa shape index (κ3) is 3.88. The summed E-state index contributed by atoms with van der Waals surface area (Å²) in [4.78, 5) is 22.7. The summed E-state index contributed by atoms with van der Waals surface area (Å²) in [6.45, 7) is 0. The molecule has 0 aromatic rings. The molecule has 1 saturated heterocycles. The molecule has 6 nitrogen and oxygen atoms in total. The van der Waals surface area contributed by atoms with Crippen molar-refractivity contribution in [3.8, 4) is 0 Å². The summed E-state index contributed by atoms with van der Waals surface area (Å²) in [6, 6.07) is -1.08. The van der Waals surface area contributed by atoms with Crippen LogP contribution in [0.4, 0.5) is 0 Å². The molecule has 1 rings (SSSR count). The number of nitrogens with one attached hydrogen (secondary N) is 1. The molecule has 0 saturated carbocycles. The molecule has 0 aliphatic carbocycles. The maximum Gasteiger partial charge on any atom is 0.326 e. The number of hydrogen-bond donors (Lipinski definition) is 3. The Balaban J connectivity index is 2.71. The second-order valence-electron chi connectivity index (χ2n) is 4.26. The van der Waals surface area contributed by atoms with Crippen LogP contribution in [0.25, 0.3) is 0 Å². The van der Waals surface area contributed by atoms with Gasteiger partial charge < -0.3 is 10.4 Å². The van der Waals surface area contributed by atoms with Crippen LogP contribution < -0.4 is 5.32 Å². The highest BCUT2D eigenvalue weighted by Gasteiger charge is 2.36. The first-order valence-corrected chi connectivity index (χ1v) is 8.09. The van der Waals surface area contributed by atoms with Crippen molar-refractivity contribution >= 4 is 34.3 Å². The van der Waals surface area contributed by atoms with Crippen molar-refractivity contribution < 1.29 is 23.1 Å². The molecule has 2 unspecified atom stereocenters. The Hall–Kier alpha value is -0.760. The van der Waals surface area contributed by atoms with Gasteiger partial charge in [0.2, 0.25) is 5.91 Å². The number of aliphatic carboxylic acids is 1. The monoisotopic (exact) mass is 295 g/mol. The third-order valence-corrected chi connectivity index (χ3v) is 5.34. The fourth-order valence-corrected chi connectivity index (χ4v) is 3.97. The van der Waals surface area contributed by atoms with Gasteiger partial charge in [0.1, 0.15) is 11.3 Å². The molecule has 2 N–H and O–H groups in total. The zero-order valence-corrected chi connectivity index (χ0v) is 11.5. The van der Waals surface area contributed by atoms with Crippen molar-refractivity contribution in [2.75, 3.05) is 11.5 Å². The predicted molar refractivity (Wildman–Crippen MR) is 69.5 cm³/mol. The third-order valence-electron chi connectivity index (χ3n) is 2.90. The largest absolute Gasteiger partial charge is 0.480 e. The number of amides is 1. The smallest absolute Gasteiger partial charge is 0.326 e. The van der Waals surface area contributed by atoms with Crippen LogP contribution >= 0.6 is 12.6 Å². The molecule has 2 atom stereocenters. The molecule has 1 fully saturated rings. The summed E-state index contributed by atoms with van der Waals surface area (Å²) in [5, 5.41) is 10.1. The minimum absolute atomic E-state index is 0.00457. The van der Waals surface area contributed by atoms with Crippen molar-refractivity contribution in [2.45, 2.75) is 37.0 Å². The maximum absolute atomic E-state index is 11.8. The van der Waals surface area contributed by atoms with Gasteiger partial charge in [-0.15, -0.1) is 0 Å². The molecule has 0 radical (unpaired) electrons. The van der Waals surface area contributed by atoms with Gasteiger partial charge in [0, 0.05) is 0 Å². The summed E-state index contributed by atoms with van der Waals surface area (Å²) in [5.74, 6) is -1.58. The van der Waals surface area contributed by atoms with Gasteiger partial charge >= 0.3 is 5.97 Å². The van der Waals surface area contributed by atoms with Crippen molar-refractivity contribution in [3.63, 3.8) is 0 Å². The summed E-state index contributed by atoms with van der Waals surface area (Å²) in [7, 11) is -3.43. The van der Waals surface area contributed by atoms with Gasteiger partial charge in [0.05, 0.1) is 5.75 Å². The van der Waals surface area contributed by atoms with E-state index in [-0.39, 0.29) is 18.6 Å². The van der Waals surface area contributed by atoms with Gasteiger partial charge in [-0.25, -0.2) is 13.2 Å². The SMILES string of the molecule is O=C(O)C(CCS)NC(=O)C1CCCCS1(=O)=O. The number of rotatable bonds is 5. The minimum atomic E-state index is -3.43. The Morgan fingerprint density at radius 2 is 2.06 bits per heavy atom. The molecule has 1 amide bonds. The molecule has 1 aliphatic rings. The minimum Gasteiger partial charge on any atom is -0.480 e. The van der Waals surface area contributed by atoms with Gasteiger partial charge in [-0.3, -0.25) is 4.79 Å². The van der Waals surface area contributed by atoms with E-state index in [0.29, 0.717) is 18.6 Å². The van der Waals surface area contributed by atoms with Gasteiger partial charge in [0.25, 0.3) is 0 Å². The van der Waals surface area contributed by atoms with Crippen molar-refractivity contribution in [2.24, 2.45) is 0 Å². The molecular weight excluding hydrogens is 278 g/mol. The standard InChI is InChI=1S/C10H17NO5S2/c12-9(11-7(4-5-17)10(13)14)8-3-1-2-6-18(8,15)16/h7-8,17H,1-6H2,(H,11,12)(H,13,14). The molecular formula is C10H17NO5S2. The first-order chi connectivity index (χ1) is 8.38. The van der Waals surface area contributed by atoms with Gasteiger partial charge in [-0.2, -0.15) is 12.6 Å². The van der Waals surface area contributed by atoms with Gasteiger partial charge in [0.15, 0.2) is 9.84 Å². The zero-order valence-electron chi connectivity index (χ0n) is 9.83. The summed E-state index contributed by atoms with van der Waals surface area (Å²) >= 11 is 3.91. The van der Waals surface area contributed by atoms with Crippen LogP contribution in [0, 0.1) is 0 Å². The van der Waals surface area contributed by atoms with E-state index >= 15 is 0 Å². The van der Waals surface area contributed by atoms with Crippen molar-refractivity contribution in [1.29, 1.82) is 0 Å². The number of sulfone groups is 1. The highest BCUT2D eigenvalue weighted by Crippen LogP contribution is 2.19. The molecule has 0 aromatic heterocycles.